The quantitative estimate of drug-likeness (QED) is 0.182. The molecule has 0 fully saturated rings. The zero-order valence-electron chi connectivity index (χ0n) is 44.2. The molecule has 0 unspecified atom stereocenters. The Morgan fingerprint density at radius 3 is 1.62 bits per heavy atom. The summed E-state index contributed by atoms with van der Waals surface area (Å²) < 4.78 is 131. The van der Waals surface area contributed by atoms with Gasteiger partial charge in [0, 0.05) is 21.8 Å². The minimum Gasteiger partial charge on any atom is -0.452 e. The molecule has 0 spiro atoms. The Balaban J connectivity index is 0.995. The highest BCUT2D eigenvalue weighted by Crippen LogP contribution is 2.51. The van der Waals surface area contributed by atoms with E-state index in [4.69, 9.17) is 15.4 Å². The Labute approximate surface area is 340 Å². The van der Waals surface area contributed by atoms with Crippen LogP contribution in [0.25, 0.3) is 89.0 Å². The number of fused-ring (bicyclic) bond motifs is 9. The van der Waals surface area contributed by atoms with Gasteiger partial charge in [0.15, 0.2) is 5.58 Å². The molecule has 0 saturated heterocycles. The van der Waals surface area contributed by atoms with Crippen LogP contribution in [-0.4, -0.2) is 9.97 Å². The molecule has 3 nitrogen and oxygen atoms in total. The van der Waals surface area contributed by atoms with Gasteiger partial charge < -0.3 is 4.42 Å². The summed E-state index contributed by atoms with van der Waals surface area (Å²) in [6.45, 7) is 7.13. The molecule has 0 atom stereocenters. The van der Waals surface area contributed by atoms with Crippen LogP contribution in [0.4, 0.5) is 0 Å². The first kappa shape index (κ1) is 20.8. The monoisotopic (exact) mass is 720 g/mol. The van der Waals surface area contributed by atoms with Crippen LogP contribution in [-0.2, 0) is 10.8 Å². The molecular formula is C52H38N2O. The molecule has 0 aliphatic heterocycles. The van der Waals surface area contributed by atoms with Crippen LogP contribution >= 0.6 is 0 Å². The summed E-state index contributed by atoms with van der Waals surface area (Å²) in [6.07, 6.45) is 1.42. The van der Waals surface area contributed by atoms with Crippen LogP contribution < -0.4 is 0 Å². The van der Waals surface area contributed by atoms with Crippen LogP contribution in [0, 0.1) is 0 Å². The van der Waals surface area contributed by atoms with Crippen molar-refractivity contribution in [3.05, 3.63) is 180 Å². The minimum absolute atomic E-state index is 0.0216. The number of nitrogens with zero attached hydrogens (tertiary/aromatic N) is 2. The highest BCUT2D eigenvalue weighted by Gasteiger charge is 2.36. The second kappa shape index (κ2) is 11.5. The van der Waals surface area contributed by atoms with Gasteiger partial charge in [0.2, 0.25) is 0 Å². The minimum atomic E-state index is -1.07. The zero-order chi connectivity index (χ0) is 49.2. The predicted octanol–water partition coefficient (Wildman–Crippen LogP) is 13.7. The van der Waals surface area contributed by atoms with Crippen molar-refractivity contribution in [2.75, 3.05) is 0 Å². The average Bonchev–Trinajstić information content (AvgIpc) is 3.92. The summed E-state index contributed by atoms with van der Waals surface area (Å²) in [5.41, 5.74) is 5.20. The Hall–Kier alpha value is -6.58. The van der Waals surface area contributed by atoms with E-state index >= 15 is 0 Å². The molecule has 11 rings (SSSR count). The predicted molar refractivity (Wildman–Crippen MR) is 226 cm³/mol. The first-order valence-corrected chi connectivity index (χ1v) is 18.0. The van der Waals surface area contributed by atoms with Crippen LogP contribution in [0.15, 0.2) is 162 Å². The maximum Gasteiger partial charge on any atom is 0.180 e. The molecule has 0 saturated carbocycles. The second-order valence-corrected chi connectivity index (χ2v) is 15.1. The maximum atomic E-state index is 9.53. The van der Waals surface area contributed by atoms with Crippen molar-refractivity contribution < 1.29 is 23.6 Å². The van der Waals surface area contributed by atoms with Crippen molar-refractivity contribution in [1.29, 1.82) is 0 Å². The topological polar surface area (TPSA) is 38.9 Å². The SMILES string of the molecule is [2H]c1c([2H])c([2H])c2c(c1[2H])-c1c([2H])c([2H])c(-c3cccc(-c4ccc5oc6c(-c7cccc(-c8c([2H])c([2H])c9c(c8[2H])C(C)(C)c8c([2H])c([2H])c([2H])c([2H])c8-9)c7)ncnc6c5c4)c3)c([2H])c1C2(C)C. The number of aromatic nitrogens is 2. The van der Waals surface area contributed by atoms with E-state index in [2.05, 4.69) is 9.97 Å². The molecule has 2 aromatic heterocycles. The van der Waals surface area contributed by atoms with Gasteiger partial charge in [0.25, 0.3) is 0 Å². The smallest absolute Gasteiger partial charge is 0.180 e. The van der Waals surface area contributed by atoms with Gasteiger partial charge in [-0.05, 0) is 114 Å². The summed E-state index contributed by atoms with van der Waals surface area (Å²) >= 11 is 0. The molecule has 2 aliphatic rings. The first-order chi connectivity index (χ1) is 32.6. The van der Waals surface area contributed by atoms with Crippen LogP contribution in [0.3, 0.4) is 0 Å². The Kier molecular flexibility index (Phi) is 4.33. The molecule has 55 heavy (non-hydrogen) atoms. The largest absolute Gasteiger partial charge is 0.452 e. The van der Waals surface area contributed by atoms with Gasteiger partial charge in [0.1, 0.15) is 23.1 Å². The van der Waals surface area contributed by atoms with Crippen LogP contribution in [0.1, 0.15) is 69.1 Å². The maximum absolute atomic E-state index is 9.53. The highest BCUT2D eigenvalue weighted by molar-refractivity contribution is 6.07. The Bertz CT molecular complexity index is 3860. The van der Waals surface area contributed by atoms with Crippen molar-refractivity contribution in [1.82, 2.24) is 9.97 Å². The number of rotatable bonds is 4. The molecule has 0 N–H and O–H groups in total. The molecule has 262 valence electrons. The van der Waals surface area contributed by atoms with Crippen LogP contribution in [0.2, 0.25) is 0 Å². The summed E-state index contributed by atoms with van der Waals surface area (Å²) in [5, 5.41) is 0.677. The van der Waals surface area contributed by atoms with E-state index in [1.165, 1.54) is 6.33 Å². The lowest BCUT2D eigenvalue weighted by molar-refractivity contribution is 0.660. The standard InChI is InChI=1S/C52H38N2O/c1-51(2)43-17-7-5-15-38(43)40-22-19-35(28-45(40)51)32-12-9-11-31(25-32)34-21-24-47-42(27-34)49-50(55-47)48(53-30-54-49)37-14-10-13-33(26-37)36-20-23-41-39-16-6-8-18-44(39)52(3,4)46(41)29-36/h5-30H,1-4H3/i5D,6D,7D,8D,15D,16D,17D,18D,19D,20D,22D,23D,28D,29D. The van der Waals surface area contributed by atoms with E-state index in [9.17, 15) is 8.22 Å². The van der Waals surface area contributed by atoms with Crippen molar-refractivity contribution in [2.45, 2.75) is 38.5 Å². The van der Waals surface area contributed by atoms with E-state index in [-0.39, 0.29) is 99.8 Å². The fraction of sp³-hybridized carbons (Fsp3) is 0.115. The second-order valence-electron chi connectivity index (χ2n) is 15.1. The summed E-state index contributed by atoms with van der Waals surface area (Å²) in [6, 6.07) is 16.3. The molecule has 7 aromatic carbocycles. The number of furan rings is 1. The summed E-state index contributed by atoms with van der Waals surface area (Å²) in [5.74, 6) is 0. The third-order valence-corrected chi connectivity index (χ3v) is 11.2. The third kappa shape index (κ3) is 4.69. The molecule has 0 bridgehead atoms. The van der Waals surface area contributed by atoms with Crippen molar-refractivity contribution in [2.24, 2.45) is 0 Å². The Morgan fingerprint density at radius 1 is 0.491 bits per heavy atom. The van der Waals surface area contributed by atoms with Crippen LogP contribution in [0.5, 0.6) is 0 Å². The molecule has 0 radical (unpaired) electrons. The van der Waals surface area contributed by atoms with Crippen molar-refractivity contribution in [3.63, 3.8) is 0 Å². The van der Waals surface area contributed by atoms with E-state index in [1.54, 1.807) is 52.0 Å². The van der Waals surface area contributed by atoms with E-state index < -0.39 is 29.0 Å². The fourth-order valence-corrected chi connectivity index (χ4v) is 8.24. The lowest BCUT2D eigenvalue weighted by atomic mass is 9.81. The van der Waals surface area contributed by atoms with Gasteiger partial charge in [-0.3, -0.25) is 0 Å². The molecular weight excluding hydrogens is 669 g/mol. The van der Waals surface area contributed by atoms with Gasteiger partial charge in [-0.2, -0.15) is 0 Å². The normalized spacial score (nSPS) is 18.0. The summed E-state index contributed by atoms with van der Waals surface area (Å²) in [4.78, 5) is 9.26. The van der Waals surface area contributed by atoms with Crippen molar-refractivity contribution in [3.8, 4) is 66.9 Å². The van der Waals surface area contributed by atoms with Gasteiger partial charge in [0.05, 0.1) is 19.2 Å². The fourth-order valence-electron chi connectivity index (χ4n) is 8.24. The molecule has 2 aliphatic carbocycles. The molecule has 3 heteroatoms. The number of benzene rings is 7. The number of hydrogen-bond donors (Lipinski definition) is 0. The first-order valence-electron chi connectivity index (χ1n) is 25.0. The van der Waals surface area contributed by atoms with Gasteiger partial charge in [-0.25, -0.2) is 9.97 Å². The lowest BCUT2D eigenvalue weighted by Crippen LogP contribution is -2.14. The van der Waals surface area contributed by atoms with E-state index in [0.29, 0.717) is 66.7 Å². The Morgan fingerprint density at radius 2 is 1.00 bits per heavy atom. The summed E-state index contributed by atoms with van der Waals surface area (Å²) in [7, 11) is 0. The zero-order valence-corrected chi connectivity index (χ0v) is 30.2. The number of hydrogen-bond acceptors (Lipinski definition) is 3. The van der Waals surface area contributed by atoms with E-state index in [0.717, 1.165) is 11.1 Å². The van der Waals surface area contributed by atoms with Gasteiger partial charge in [-0.1, -0.05) is 143 Å². The van der Waals surface area contributed by atoms with Gasteiger partial charge >= 0.3 is 0 Å². The molecule has 9 aromatic rings. The van der Waals surface area contributed by atoms with E-state index in [1.807, 2.05) is 42.5 Å². The lowest BCUT2D eigenvalue weighted by Gasteiger charge is -2.22. The average molecular weight is 721 g/mol. The van der Waals surface area contributed by atoms with Crippen molar-refractivity contribution >= 4 is 22.1 Å². The molecule has 2 heterocycles. The molecule has 0 amide bonds. The highest BCUT2D eigenvalue weighted by atomic mass is 16.3. The third-order valence-electron chi connectivity index (χ3n) is 11.2. The van der Waals surface area contributed by atoms with Gasteiger partial charge in [-0.15, -0.1) is 0 Å².